The predicted molar refractivity (Wildman–Crippen MR) is 67.3 cm³/mol. The van der Waals surface area contributed by atoms with Crippen LogP contribution in [0.1, 0.15) is 13.3 Å². The molecule has 2 N–H and O–H groups in total. The van der Waals surface area contributed by atoms with Gasteiger partial charge in [-0.15, -0.1) is 0 Å². The minimum Gasteiger partial charge on any atom is -0.322 e. The van der Waals surface area contributed by atoms with Crippen molar-refractivity contribution in [2.75, 3.05) is 11.9 Å². The number of nitro groups is 1. The lowest BCUT2D eigenvalue weighted by Crippen LogP contribution is -2.39. The van der Waals surface area contributed by atoms with Crippen molar-refractivity contribution in [3.8, 4) is 0 Å². The van der Waals surface area contributed by atoms with Crippen LogP contribution >= 0.6 is 0 Å². The van der Waals surface area contributed by atoms with Crippen molar-refractivity contribution in [2.45, 2.75) is 19.4 Å². The topological polar surface area (TPSA) is 84.3 Å². The number of carbonyl (C=O) groups excluding carboxylic acids is 1. The molecule has 1 heterocycles. The van der Waals surface area contributed by atoms with Gasteiger partial charge in [0.25, 0.3) is 5.69 Å². The number of nitrogens with zero attached hydrogens (tertiary/aromatic N) is 1. The molecule has 2 atom stereocenters. The molecule has 7 heteroatoms. The number of hydrogen-bond donors (Lipinski definition) is 2. The van der Waals surface area contributed by atoms with Crippen LogP contribution in [0.4, 0.5) is 15.8 Å². The number of amides is 1. The van der Waals surface area contributed by atoms with Crippen LogP contribution in [0.3, 0.4) is 0 Å². The first-order chi connectivity index (χ1) is 8.99. The average molecular weight is 267 g/mol. The Labute approximate surface area is 109 Å². The number of nitrogens with one attached hydrogen (secondary N) is 2. The zero-order valence-corrected chi connectivity index (χ0v) is 10.4. The van der Waals surface area contributed by atoms with E-state index in [1.54, 1.807) is 0 Å². The number of non-ortho nitro benzene ring substituents is 1. The van der Waals surface area contributed by atoms with Gasteiger partial charge < -0.3 is 10.6 Å². The molecule has 1 saturated heterocycles. The Morgan fingerprint density at radius 3 is 2.89 bits per heavy atom. The number of anilines is 1. The Bertz CT molecular complexity index is 521. The van der Waals surface area contributed by atoms with E-state index in [0.717, 1.165) is 31.2 Å². The highest BCUT2D eigenvalue weighted by Crippen LogP contribution is 2.23. The Morgan fingerprint density at radius 2 is 2.32 bits per heavy atom. The van der Waals surface area contributed by atoms with Crippen molar-refractivity contribution in [3.05, 3.63) is 34.1 Å². The molecule has 1 aromatic carbocycles. The van der Waals surface area contributed by atoms with Gasteiger partial charge in [0.05, 0.1) is 16.7 Å². The van der Waals surface area contributed by atoms with E-state index in [1.807, 2.05) is 6.92 Å². The Morgan fingerprint density at radius 1 is 1.58 bits per heavy atom. The van der Waals surface area contributed by atoms with E-state index in [4.69, 9.17) is 0 Å². The van der Waals surface area contributed by atoms with Crippen LogP contribution < -0.4 is 10.6 Å². The summed E-state index contributed by atoms with van der Waals surface area (Å²) in [7, 11) is 0. The predicted octanol–water partition coefficient (Wildman–Crippen LogP) is 1.67. The average Bonchev–Trinajstić information content (AvgIpc) is 2.78. The third-order valence-electron chi connectivity index (χ3n) is 3.23. The molecule has 1 aromatic rings. The van der Waals surface area contributed by atoms with E-state index in [0.29, 0.717) is 0 Å². The summed E-state index contributed by atoms with van der Waals surface area (Å²) in [6.45, 7) is 2.66. The summed E-state index contributed by atoms with van der Waals surface area (Å²) in [5.74, 6) is -0.907. The normalized spacial score (nSPS) is 22.2. The molecule has 2 unspecified atom stereocenters. The van der Waals surface area contributed by atoms with Crippen LogP contribution in [0.2, 0.25) is 0 Å². The largest absolute Gasteiger partial charge is 0.322 e. The molecule has 1 aliphatic rings. The minimum atomic E-state index is -0.690. The summed E-state index contributed by atoms with van der Waals surface area (Å²) in [5, 5.41) is 16.0. The van der Waals surface area contributed by atoms with Crippen LogP contribution in [0.5, 0.6) is 0 Å². The van der Waals surface area contributed by atoms with Crippen LogP contribution in [0, 0.1) is 21.8 Å². The minimum absolute atomic E-state index is 0.154. The summed E-state index contributed by atoms with van der Waals surface area (Å²) < 4.78 is 13.5. The highest BCUT2D eigenvalue weighted by molar-refractivity contribution is 5.95. The molecule has 1 fully saturated rings. The lowest BCUT2D eigenvalue weighted by molar-refractivity contribution is -0.384. The third-order valence-corrected chi connectivity index (χ3v) is 3.23. The quantitative estimate of drug-likeness (QED) is 0.644. The molecule has 0 bridgehead atoms. The summed E-state index contributed by atoms with van der Waals surface area (Å²) in [4.78, 5) is 21.9. The lowest BCUT2D eigenvalue weighted by Gasteiger charge is -2.15. The molecule has 0 aromatic heterocycles. The molecule has 6 nitrogen and oxygen atoms in total. The van der Waals surface area contributed by atoms with E-state index >= 15 is 0 Å². The van der Waals surface area contributed by atoms with Crippen molar-refractivity contribution < 1.29 is 14.1 Å². The molecule has 1 aliphatic heterocycles. The van der Waals surface area contributed by atoms with Crippen molar-refractivity contribution in [1.29, 1.82) is 0 Å². The fourth-order valence-corrected chi connectivity index (χ4v) is 2.12. The van der Waals surface area contributed by atoms with Crippen molar-refractivity contribution in [3.63, 3.8) is 0 Å². The number of nitro benzene ring substituents is 1. The van der Waals surface area contributed by atoms with E-state index < -0.39 is 16.8 Å². The molecular formula is C12H14FN3O3. The SMILES string of the molecule is CC1CCNC1C(=O)Nc1cc([N+](=O)[O-])ccc1F. The molecular weight excluding hydrogens is 253 g/mol. The fourth-order valence-electron chi connectivity index (χ4n) is 2.12. The second-order valence-corrected chi connectivity index (χ2v) is 4.61. The zero-order chi connectivity index (χ0) is 14.0. The van der Waals surface area contributed by atoms with E-state index in [2.05, 4.69) is 10.6 Å². The second kappa shape index (κ2) is 5.31. The number of hydrogen-bond acceptors (Lipinski definition) is 4. The van der Waals surface area contributed by atoms with Crippen LogP contribution in [0.15, 0.2) is 18.2 Å². The fraction of sp³-hybridized carbons (Fsp3) is 0.417. The van der Waals surface area contributed by atoms with Crippen molar-refractivity contribution in [1.82, 2.24) is 5.32 Å². The number of carbonyl (C=O) groups is 1. The van der Waals surface area contributed by atoms with Crippen LogP contribution in [-0.2, 0) is 4.79 Å². The molecule has 19 heavy (non-hydrogen) atoms. The van der Waals surface area contributed by atoms with Gasteiger partial charge in [0, 0.05) is 12.1 Å². The molecule has 0 saturated carbocycles. The van der Waals surface area contributed by atoms with Crippen LogP contribution in [0.25, 0.3) is 0 Å². The summed E-state index contributed by atoms with van der Waals surface area (Å²) >= 11 is 0. The molecule has 0 aliphatic carbocycles. The van der Waals surface area contributed by atoms with Gasteiger partial charge >= 0.3 is 0 Å². The number of rotatable bonds is 3. The molecule has 2 rings (SSSR count). The van der Waals surface area contributed by atoms with Gasteiger partial charge in [-0.05, 0) is 24.9 Å². The number of halogens is 1. The van der Waals surface area contributed by atoms with Gasteiger partial charge in [0.1, 0.15) is 5.82 Å². The van der Waals surface area contributed by atoms with E-state index in [9.17, 15) is 19.3 Å². The molecule has 0 radical (unpaired) electrons. The highest BCUT2D eigenvalue weighted by atomic mass is 19.1. The maximum absolute atomic E-state index is 13.5. The monoisotopic (exact) mass is 267 g/mol. The van der Waals surface area contributed by atoms with Gasteiger partial charge in [0.2, 0.25) is 5.91 Å². The molecule has 1 amide bonds. The van der Waals surface area contributed by atoms with E-state index in [1.165, 1.54) is 0 Å². The lowest BCUT2D eigenvalue weighted by atomic mass is 10.0. The van der Waals surface area contributed by atoms with Crippen molar-refractivity contribution >= 4 is 17.3 Å². The Hall–Kier alpha value is -2.02. The number of benzene rings is 1. The summed E-state index contributed by atoms with van der Waals surface area (Å²) in [6, 6.07) is 2.66. The van der Waals surface area contributed by atoms with Gasteiger partial charge in [-0.3, -0.25) is 14.9 Å². The smallest absolute Gasteiger partial charge is 0.271 e. The van der Waals surface area contributed by atoms with Gasteiger partial charge in [-0.25, -0.2) is 4.39 Å². The highest BCUT2D eigenvalue weighted by Gasteiger charge is 2.29. The first kappa shape index (κ1) is 13.4. The van der Waals surface area contributed by atoms with Crippen LogP contribution in [-0.4, -0.2) is 23.4 Å². The summed E-state index contributed by atoms with van der Waals surface area (Å²) in [6.07, 6.45) is 0.871. The maximum atomic E-state index is 13.5. The first-order valence-corrected chi connectivity index (χ1v) is 5.97. The Balaban J connectivity index is 2.16. The van der Waals surface area contributed by atoms with Gasteiger partial charge in [-0.2, -0.15) is 0 Å². The zero-order valence-electron chi connectivity index (χ0n) is 10.4. The standard InChI is InChI=1S/C12H14FN3O3/c1-7-4-5-14-11(7)12(17)15-10-6-8(16(18)19)2-3-9(10)13/h2-3,6-7,11,14H,4-5H2,1H3,(H,15,17). The summed E-state index contributed by atoms with van der Waals surface area (Å²) in [5.41, 5.74) is -0.427. The first-order valence-electron chi connectivity index (χ1n) is 5.97. The van der Waals surface area contributed by atoms with E-state index in [-0.39, 0.29) is 23.2 Å². The maximum Gasteiger partial charge on any atom is 0.271 e. The molecule has 0 spiro atoms. The third kappa shape index (κ3) is 2.87. The van der Waals surface area contributed by atoms with Gasteiger partial charge in [0.15, 0.2) is 0 Å². The molecule has 102 valence electrons. The van der Waals surface area contributed by atoms with Gasteiger partial charge in [-0.1, -0.05) is 6.92 Å². The van der Waals surface area contributed by atoms with Crippen molar-refractivity contribution in [2.24, 2.45) is 5.92 Å². The Kier molecular flexibility index (Phi) is 3.75. The second-order valence-electron chi connectivity index (χ2n) is 4.61.